The summed E-state index contributed by atoms with van der Waals surface area (Å²) in [5.74, 6) is 0. The molecule has 0 spiro atoms. The summed E-state index contributed by atoms with van der Waals surface area (Å²) >= 11 is 5.91. The normalized spacial score (nSPS) is 11.3. The Hall–Kier alpha value is -1.26. The molecule has 4 nitrogen and oxygen atoms in total. The van der Waals surface area contributed by atoms with E-state index in [0.717, 1.165) is 24.8 Å². The molecule has 0 heterocycles. The molecular weight excluding hydrogens is 300 g/mol. The van der Waals surface area contributed by atoms with Gasteiger partial charge in [0.25, 0.3) is 0 Å². The van der Waals surface area contributed by atoms with E-state index in [1.54, 1.807) is 0 Å². The van der Waals surface area contributed by atoms with Gasteiger partial charge in [-0.25, -0.2) is 9.86 Å². The minimum Gasteiger partial charge on any atom is -0.327 e. The lowest BCUT2D eigenvalue weighted by molar-refractivity contribution is -0.119. The van der Waals surface area contributed by atoms with Gasteiger partial charge in [-0.05, 0) is 44.4 Å². The molecule has 0 aliphatic carbocycles. The van der Waals surface area contributed by atoms with Crippen LogP contribution in [0.25, 0.3) is 0 Å². The van der Waals surface area contributed by atoms with Crippen molar-refractivity contribution in [1.82, 2.24) is 10.4 Å². The molecule has 5 heteroatoms. The summed E-state index contributed by atoms with van der Waals surface area (Å²) in [4.78, 5) is 18.0. The van der Waals surface area contributed by atoms with Crippen molar-refractivity contribution >= 4 is 17.6 Å². The standard InChI is InChI=1S/C17H27ClN2O2/c1-5-7-13-22-20(12-6-2)16(21)19-17(3,4)14-8-10-15(18)11-9-14/h8-11H,5-7,12-13H2,1-4H3,(H,19,21). The molecule has 0 aliphatic rings. The quantitative estimate of drug-likeness (QED) is 0.554. The maximum absolute atomic E-state index is 12.4. The number of nitrogens with zero attached hydrogens (tertiary/aromatic N) is 1. The third-order valence-corrected chi connectivity index (χ3v) is 3.64. The zero-order chi connectivity index (χ0) is 16.6. The lowest BCUT2D eigenvalue weighted by Crippen LogP contribution is -2.48. The maximum atomic E-state index is 12.4. The van der Waals surface area contributed by atoms with Gasteiger partial charge in [-0.3, -0.25) is 4.84 Å². The molecule has 0 aromatic heterocycles. The summed E-state index contributed by atoms with van der Waals surface area (Å²) in [6.07, 6.45) is 2.83. The van der Waals surface area contributed by atoms with Crippen LogP contribution in [-0.4, -0.2) is 24.2 Å². The number of hydrogen-bond acceptors (Lipinski definition) is 2. The minimum atomic E-state index is -0.498. The van der Waals surface area contributed by atoms with E-state index in [-0.39, 0.29) is 6.03 Å². The van der Waals surface area contributed by atoms with Gasteiger partial charge in [-0.2, -0.15) is 0 Å². The molecular formula is C17H27ClN2O2. The van der Waals surface area contributed by atoms with E-state index in [1.165, 1.54) is 5.06 Å². The first-order valence-electron chi connectivity index (χ1n) is 7.89. The highest BCUT2D eigenvalue weighted by atomic mass is 35.5. The SMILES string of the molecule is CCCCON(CCC)C(=O)NC(C)(C)c1ccc(Cl)cc1. The van der Waals surface area contributed by atoms with Crippen LogP contribution in [0.5, 0.6) is 0 Å². The van der Waals surface area contributed by atoms with Gasteiger partial charge in [0.15, 0.2) is 0 Å². The zero-order valence-corrected chi connectivity index (χ0v) is 14.7. The second-order valence-corrected chi connectivity index (χ2v) is 6.29. The fraction of sp³-hybridized carbons (Fsp3) is 0.588. The van der Waals surface area contributed by atoms with Crippen LogP contribution in [-0.2, 0) is 10.4 Å². The van der Waals surface area contributed by atoms with Gasteiger partial charge in [0.1, 0.15) is 0 Å². The molecule has 0 saturated heterocycles. The molecule has 0 radical (unpaired) electrons. The molecule has 2 amide bonds. The van der Waals surface area contributed by atoms with Crippen molar-refractivity contribution in [1.29, 1.82) is 0 Å². The lowest BCUT2D eigenvalue weighted by atomic mass is 9.94. The molecule has 0 fully saturated rings. The number of carbonyl (C=O) groups is 1. The Morgan fingerprint density at radius 2 is 1.86 bits per heavy atom. The topological polar surface area (TPSA) is 41.6 Å². The highest BCUT2D eigenvalue weighted by Crippen LogP contribution is 2.22. The van der Waals surface area contributed by atoms with Gasteiger partial charge in [0.05, 0.1) is 18.7 Å². The zero-order valence-electron chi connectivity index (χ0n) is 14.0. The van der Waals surface area contributed by atoms with Crippen molar-refractivity contribution in [3.05, 3.63) is 34.9 Å². The Kier molecular flexibility index (Phi) is 7.69. The maximum Gasteiger partial charge on any atom is 0.342 e. The molecule has 0 aliphatic heterocycles. The fourth-order valence-corrected chi connectivity index (χ4v) is 2.14. The van der Waals surface area contributed by atoms with Crippen LogP contribution < -0.4 is 5.32 Å². The smallest absolute Gasteiger partial charge is 0.327 e. The lowest BCUT2D eigenvalue weighted by Gasteiger charge is -2.31. The third kappa shape index (κ3) is 5.85. The van der Waals surface area contributed by atoms with Crippen molar-refractivity contribution < 1.29 is 9.63 Å². The summed E-state index contributed by atoms with van der Waals surface area (Å²) in [5, 5.41) is 5.13. The molecule has 1 rings (SSSR count). The van der Waals surface area contributed by atoms with E-state index >= 15 is 0 Å². The van der Waals surface area contributed by atoms with Gasteiger partial charge in [-0.1, -0.05) is 44.0 Å². The Morgan fingerprint density at radius 3 is 2.41 bits per heavy atom. The second kappa shape index (κ2) is 9.01. The van der Waals surface area contributed by atoms with Gasteiger partial charge in [0.2, 0.25) is 0 Å². The van der Waals surface area contributed by atoms with Gasteiger partial charge in [0, 0.05) is 5.02 Å². The molecule has 1 aromatic carbocycles. The van der Waals surface area contributed by atoms with Gasteiger partial charge in [-0.15, -0.1) is 0 Å². The van der Waals surface area contributed by atoms with E-state index in [2.05, 4.69) is 12.2 Å². The van der Waals surface area contributed by atoms with E-state index in [0.29, 0.717) is 18.2 Å². The Balaban J connectivity index is 2.71. The predicted octanol–water partition coefficient (Wildman–Crippen LogP) is 4.73. The summed E-state index contributed by atoms with van der Waals surface area (Å²) in [5.41, 5.74) is 0.497. The van der Waals surface area contributed by atoms with Crippen molar-refractivity contribution in [3.8, 4) is 0 Å². The monoisotopic (exact) mass is 326 g/mol. The average Bonchev–Trinajstić information content (AvgIpc) is 2.46. The van der Waals surface area contributed by atoms with Gasteiger partial charge < -0.3 is 5.32 Å². The molecule has 0 unspecified atom stereocenters. The first-order chi connectivity index (χ1) is 10.4. The molecule has 22 heavy (non-hydrogen) atoms. The van der Waals surface area contributed by atoms with Crippen LogP contribution in [0.1, 0.15) is 52.5 Å². The van der Waals surface area contributed by atoms with Crippen molar-refractivity contribution in [2.75, 3.05) is 13.2 Å². The van der Waals surface area contributed by atoms with Crippen LogP contribution in [0.15, 0.2) is 24.3 Å². The number of nitrogens with one attached hydrogen (secondary N) is 1. The van der Waals surface area contributed by atoms with E-state index < -0.39 is 5.54 Å². The second-order valence-electron chi connectivity index (χ2n) is 5.85. The molecule has 124 valence electrons. The number of benzene rings is 1. The number of hydrogen-bond donors (Lipinski definition) is 1. The number of rotatable bonds is 8. The van der Waals surface area contributed by atoms with Crippen LogP contribution in [0.2, 0.25) is 5.02 Å². The predicted molar refractivity (Wildman–Crippen MR) is 90.9 cm³/mol. The number of hydroxylamine groups is 2. The third-order valence-electron chi connectivity index (χ3n) is 3.38. The first-order valence-corrected chi connectivity index (χ1v) is 8.27. The fourth-order valence-electron chi connectivity index (χ4n) is 2.02. The van der Waals surface area contributed by atoms with Crippen molar-refractivity contribution in [3.63, 3.8) is 0 Å². The summed E-state index contributed by atoms with van der Waals surface area (Å²) in [7, 11) is 0. The first kappa shape index (κ1) is 18.8. The number of urea groups is 1. The van der Waals surface area contributed by atoms with Crippen molar-refractivity contribution in [2.24, 2.45) is 0 Å². The molecule has 1 aromatic rings. The number of carbonyl (C=O) groups excluding carboxylic acids is 1. The number of halogens is 1. The van der Waals surface area contributed by atoms with E-state index in [9.17, 15) is 4.79 Å². The summed E-state index contributed by atoms with van der Waals surface area (Å²) in [6, 6.07) is 7.28. The van der Waals surface area contributed by atoms with E-state index in [1.807, 2.05) is 45.0 Å². The van der Waals surface area contributed by atoms with Crippen LogP contribution in [0.3, 0.4) is 0 Å². The Morgan fingerprint density at radius 1 is 1.23 bits per heavy atom. The van der Waals surface area contributed by atoms with Crippen LogP contribution in [0.4, 0.5) is 4.79 Å². The average molecular weight is 327 g/mol. The minimum absolute atomic E-state index is 0.210. The van der Waals surface area contributed by atoms with Crippen LogP contribution in [0, 0.1) is 0 Å². The molecule has 0 saturated carbocycles. The summed E-state index contributed by atoms with van der Waals surface area (Å²) in [6.45, 7) is 9.18. The summed E-state index contributed by atoms with van der Waals surface area (Å²) < 4.78 is 0. The molecule has 0 atom stereocenters. The molecule has 1 N–H and O–H groups in total. The Labute approximate surface area is 138 Å². The number of unbranched alkanes of at least 4 members (excludes halogenated alkanes) is 1. The highest BCUT2D eigenvalue weighted by molar-refractivity contribution is 6.30. The van der Waals surface area contributed by atoms with Gasteiger partial charge >= 0.3 is 6.03 Å². The largest absolute Gasteiger partial charge is 0.342 e. The van der Waals surface area contributed by atoms with Crippen molar-refractivity contribution in [2.45, 2.75) is 52.5 Å². The van der Waals surface area contributed by atoms with Crippen LogP contribution >= 0.6 is 11.6 Å². The molecule has 0 bridgehead atoms. The van der Waals surface area contributed by atoms with E-state index in [4.69, 9.17) is 16.4 Å². The Bertz CT molecular complexity index is 460. The number of amides is 2. The highest BCUT2D eigenvalue weighted by Gasteiger charge is 2.25.